The van der Waals surface area contributed by atoms with Crippen LogP contribution in [-0.2, 0) is 0 Å². The molecule has 0 radical (unpaired) electrons. The Morgan fingerprint density at radius 2 is 1.86 bits per heavy atom. The van der Waals surface area contributed by atoms with Crippen LogP contribution in [0.4, 0.5) is 5.69 Å². The Hall–Kier alpha value is -2.95. The van der Waals surface area contributed by atoms with Gasteiger partial charge in [-0.3, -0.25) is 14.9 Å². The molecule has 1 aliphatic heterocycles. The van der Waals surface area contributed by atoms with E-state index < -0.39 is 4.92 Å². The fourth-order valence-corrected chi connectivity index (χ4v) is 2.02. The van der Waals surface area contributed by atoms with E-state index in [1.54, 1.807) is 36.4 Å². The van der Waals surface area contributed by atoms with E-state index in [2.05, 4.69) is 0 Å². The van der Waals surface area contributed by atoms with E-state index in [4.69, 9.17) is 4.74 Å². The molecule has 3 rings (SSSR count). The maximum absolute atomic E-state index is 12.1. The summed E-state index contributed by atoms with van der Waals surface area (Å²) in [5, 5.41) is 10.7. The highest BCUT2D eigenvalue weighted by atomic mass is 16.6. The largest absolute Gasteiger partial charge is 0.452 e. The minimum atomic E-state index is -0.478. The third-order valence-corrected chi connectivity index (χ3v) is 2.95. The van der Waals surface area contributed by atoms with Gasteiger partial charge in [0.25, 0.3) is 5.69 Å². The van der Waals surface area contributed by atoms with Gasteiger partial charge in [0.15, 0.2) is 5.76 Å². The number of carbonyl (C=O) groups is 1. The number of hydrogen-bond acceptors (Lipinski definition) is 4. The van der Waals surface area contributed by atoms with Crippen molar-refractivity contribution < 1.29 is 14.5 Å². The van der Waals surface area contributed by atoms with E-state index in [0.29, 0.717) is 16.9 Å². The van der Waals surface area contributed by atoms with Crippen molar-refractivity contribution >= 4 is 17.5 Å². The van der Waals surface area contributed by atoms with Gasteiger partial charge in [0, 0.05) is 12.1 Å². The van der Waals surface area contributed by atoms with Gasteiger partial charge in [-0.25, -0.2) is 0 Å². The molecule has 1 heterocycles. The van der Waals surface area contributed by atoms with Crippen LogP contribution in [-0.4, -0.2) is 10.7 Å². The van der Waals surface area contributed by atoms with Crippen molar-refractivity contribution in [3.8, 4) is 5.75 Å². The highest BCUT2D eigenvalue weighted by molar-refractivity contribution is 6.14. The smallest absolute Gasteiger partial charge is 0.270 e. The third-order valence-electron chi connectivity index (χ3n) is 2.95. The SMILES string of the molecule is C.O=C1/C(=C/c2cccc([N+](=O)[O-])c2)Oc2ccccc21. The number of benzene rings is 2. The molecule has 0 saturated carbocycles. The van der Waals surface area contributed by atoms with Crippen molar-refractivity contribution in [2.75, 3.05) is 0 Å². The van der Waals surface area contributed by atoms with Crippen molar-refractivity contribution in [2.45, 2.75) is 7.43 Å². The molecular weight excluding hydrogens is 270 g/mol. The maximum atomic E-state index is 12.1. The second kappa shape index (κ2) is 5.58. The summed E-state index contributed by atoms with van der Waals surface area (Å²) in [5.41, 5.74) is 1.03. The fourth-order valence-electron chi connectivity index (χ4n) is 2.02. The van der Waals surface area contributed by atoms with Gasteiger partial charge in [0.1, 0.15) is 5.75 Å². The quantitative estimate of drug-likeness (QED) is 0.477. The lowest BCUT2D eigenvalue weighted by molar-refractivity contribution is -0.384. The van der Waals surface area contributed by atoms with Gasteiger partial charge in [-0.05, 0) is 23.8 Å². The summed E-state index contributed by atoms with van der Waals surface area (Å²) in [7, 11) is 0. The van der Waals surface area contributed by atoms with Gasteiger partial charge in [0.05, 0.1) is 10.5 Å². The minimum absolute atomic E-state index is 0. The molecular formula is C16H13NO4. The summed E-state index contributed by atoms with van der Waals surface area (Å²) in [4.78, 5) is 22.3. The molecule has 0 atom stereocenters. The number of Topliss-reactive ketones (excluding diaryl/α,β-unsaturated/α-hetero) is 1. The molecule has 0 aliphatic carbocycles. The van der Waals surface area contributed by atoms with E-state index in [0.717, 1.165) is 0 Å². The Morgan fingerprint density at radius 3 is 2.57 bits per heavy atom. The normalized spacial score (nSPS) is 14.3. The summed E-state index contributed by atoms with van der Waals surface area (Å²) in [5.74, 6) is 0.466. The average Bonchev–Trinajstić information content (AvgIpc) is 2.76. The molecule has 5 heteroatoms. The summed E-state index contributed by atoms with van der Waals surface area (Å²) in [6, 6.07) is 13.0. The van der Waals surface area contributed by atoms with Crippen molar-refractivity contribution in [3.63, 3.8) is 0 Å². The second-order valence-electron chi connectivity index (χ2n) is 4.29. The van der Waals surface area contributed by atoms with E-state index in [-0.39, 0.29) is 24.7 Å². The molecule has 0 spiro atoms. The van der Waals surface area contributed by atoms with Crippen molar-refractivity contribution in [1.82, 2.24) is 0 Å². The summed E-state index contributed by atoms with van der Waals surface area (Å²) < 4.78 is 5.47. The molecule has 0 aromatic heterocycles. The molecule has 0 fully saturated rings. The second-order valence-corrected chi connectivity index (χ2v) is 4.29. The van der Waals surface area contributed by atoms with E-state index in [1.165, 1.54) is 18.2 Å². The van der Waals surface area contributed by atoms with Crippen LogP contribution in [0.5, 0.6) is 5.75 Å². The first-order chi connectivity index (χ1) is 9.65. The van der Waals surface area contributed by atoms with E-state index >= 15 is 0 Å². The van der Waals surface area contributed by atoms with Crippen LogP contribution in [0.3, 0.4) is 0 Å². The molecule has 21 heavy (non-hydrogen) atoms. The summed E-state index contributed by atoms with van der Waals surface area (Å²) in [6.45, 7) is 0. The van der Waals surface area contributed by atoms with E-state index in [9.17, 15) is 14.9 Å². The maximum Gasteiger partial charge on any atom is 0.270 e. The topological polar surface area (TPSA) is 69.4 Å². The van der Waals surface area contributed by atoms with Gasteiger partial charge in [-0.15, -0.1) is 0 Å². The van der Waals surface area contributed by atoms with Crippen LogP contribution < -0.4 is 4.74 Å². The number of nitro groups is 1. The summed E-state index contributed by atoms with van der Waals surface area (Å²) in [6.07, 6.45) is 1.51. The molecule has 1 aliphatic rings. The molecule has 2 aromatic rings. The zero-order valence-electron chi connectivity index (χ0n) is 10.3. The molecule has 0 bridgehead atoms. The van der Waals surface area contributed by atoms with E-state index in [1.807, 2.05) is 0 Å². The van der Waals surface area contributed by atoms with Crippen LogP contribution in [0.1, 0.15) is 23.3 Å². The van der Waals surface area contributed by atoms with Gasteiger partial charge >= 0.3 is 0 Å². The monoisotopic (exact) mass is 283 g/mol. The number of ether oxygens (including phenoxy) is 1. The molecule has 5 nitrogen and oxygen atoms in total. The molecule has 0 amide bonds. The number of nitro benzene ring substituents is 1. The zero-order chi connectivity index (χ0) is 14.1. The summed E-state index contributed by atoms with van der Waals surface area (Å²) >= 11 is 0. The first-order valence-corrected chi connectivity index (χ1v) is 5.93. The zero-order valence-corrected chi connectivity index (χ0v) is 10.3. The molecule has 0 unspecified atom stereocenters. The number of allylic oxidation sites excluding steroid dienone is 1. The molecule has 2 aromatic carbocycles. The van der Waals surface area contributed by atoms with Gasteiger partial charge in [-0.2, -0.15) is 0 Å². The van der Waals surface area contributed by atoms with Crippen LogP contribution in [0.15, 0.2) is 54.3 Å². The van der Waals surface area contributed by atoms with Crippen molar-refractivity contribution in [2.24, 2.45) is 0 Å². The number of nitrogens with zero attached hydrogens (tertiary/aromatic N) is 1. The highest BCUT2D eigenvalue weighted by Gasteiger charge is 2.26. The fraction of sp³-hybridized carbons (Fsp3) is 0.0625. The standard InChI is InChI=1S/C15H9NO4.CH4/c17-15-12-6-1-2-7-13(12)20-14(15)9-10-4-3-5-11(8-10)16(18)19;/h1-9H;1H4/b14-9-;. The Bertz CT molecular complexity index is 749. The Kier molecular flexibility index (Phi) is 3.84. The van der Waals surface area contributed by atoms with Gasteiger partial charge in [-0.1, -0.05) is 31.7 Å². The highest BCUT2D eigenvalue weighted by Crippen LogP contribution is 2.31. The Balaban J connectivity index is 0.00000161. The molecule has 0 saturated heterocycles. The number of non-ortho nitro benzene ring substituents is 1. The number of ketones is 1. The number of hydrogen-bond donors (Lipinski definition) is 0. The number of rotatable bonds is 2. The number of fused-ring (bicyclic) bond motifs is 1. The Labute approximate surface area is 121 Å². The lowest BCUT2D eigenvalue weighted by Crippen LogP contribution is -1.98. The molecule has 106 valence electrons. The minimum Gasteiger partial charge on any atom is -0.452 e. The van der Waals surface area contributed by atoms with Crippen LogP contribution in [0.2, 0.25) is 0 Å². The van der Waals surface area contributed by atoms with Gasteiger partial charge < -0.3 is 4.74 Å². The van der Waals surface area contributed by atoms with Crippen LogP contribution in [0.25, 0.3) is 6.08 Å². The Morgan fingerprint density at radius 1 is 1.10 bits per heavy atom. The predicted molar refractivity (Wildman–Crippen MR) is 79.2 cm³/mol. The predicted octanol–water partition coefficient (Wildman–Crippen LogP) is 3.85. The van der Waals surface area contributed by atoms with Gasteiger partial charge in [0.2, 0.25) is 5.78 Å². The molecule has 0 N–H and O–H groups in total. The lowest BCUT2D eigenvalue weighted by atomic mass is 10.1. The average molecular weight is 283 g/mol. The van der Waals surface area contributed by atoms with Crippen LogP contribution >= 0.6 is 0 Å². The number of para-hydroxylation sites is 1. The first kappa shape index (κ1) is 14.5. The number of carbonyl (C=O) groups excluding carboxylic acids is 1. The van der Waals surface area contributed by atoms with Crippen LogP contribution in [0, 0.1) is 10.1 Å². The van der Waals surface area contributed by atoms with Crippen molar-refractivity contribution in [1.29, 1.82) is 0 Å². The third kappa shape index (κ3) is 2.67. The lowest BCUT2D eigenvalue weighted by Gasteiger charge is -1.98. The van der Waals surface area contributed by atoms with Crippen molar-refractivity contribution in [3.05, 3.63) is 75.5 Å². The first-order valence-electron chi connectivity index (χ1n) is 5.93.